The van der Waals surface area contributed by atoms with Gasteiger partial charge in [-0.05, 0) is 43.7 Å². The Morgan fingerprint density at radius 1 is 1.16 bits per heavy atom. The number of carbonyl (C=O) groups is 1. The van der Waals surface area contributed by atoms with E-state index in [1.54, 1.807) is 12.1 Å². The minimum Gasteiger partial charge on any atom is -0.373 e. The van der Waals surface area contributed by atoms with Crippen molar-refractivity contribution in [2.45, 2.75) is 39.1 Å². The van der Waals surface area contributed by atoms with Gasteiger partial charge >= 0.3 is 0 Å². The molecule has 0 radical (unpaired) electrons. The van der Waals surface area contributed by atoms with Crippen LogP contribution in [-0.2, 0) is 17.8 Å². The van der Waals surface area contributed by atoms with E-state index in [2.05, 4.69) is 34.2 Å². The Balaban J connectivity index is 1.31. The summed E-state index contributed by atoms with van der Waals surface area (Å²) in [6, 6.07) is 14.9. The van der Waals surface area contributed by atoms with E-state index in [-0.39, 0.29) is 24.7 Å². The molecule has 0 aliphatic carbocycles. The molecule has 3 aromatic rings. The maximum atomic E-state index is 12.5. The minimum atomic E-state index is -0.192. The summed E-state index contributed by atoms with van der Waals surface area (Å²) < 4.78 is 11.0. The van der Waals surface area contributed by atoms with Gasteiger partial charge in [0.2, 0.25) is 11.7 Å². The monoisotopic (exact) mass is 440 g/mol. The Morgan fingerprint density at radius 2 is 1.90 bits per heavy atom. The number of hydrogen-bond donors (Lipinski definition) is 1. The van der Waals surface area contributed by atoms with Crippen LogP contribution in [0, 0.1) is 0 Å². The molecule has 31 heavy (non-hydrogen) atoms. The lowest BCUT2D eigenvalue weighted by atomic mass is 10.1. The van der Waals surface area contributed by atoms with Crippen LogP contribution in [0.5, 0.6) is 0 Å². The van der Waals surface area contributed by atoms with Crippen molar-refractivity contribution in [2.75, 3.05) is 13.1 Å². The number of hydrogen-bond acceptors (Lipinski definition) is 6. The third kappa shape index (κ3) is 5.70. The summed E-state index contributed by atoms with van der Waals surface area (Å²) in [6.45, 7) is 7.00. The van der Waals surface area contributed by atoms with E-state index in [0.717, 1.165) is 25.2 Å². The molecule has 1 aliphatic rings. The summed E-state index contributed by atoms with van der Waals surface area (Å²) in [4.78, 5) is 19.2. The molecular formula is C23H25ClN4O3. The number of ether oxygens (including phenoxy) is 1. The number of rotatable bonds is 6. The molecule has 1 amide bonds. The first-order valence-electron chi connectivity index (χ1n) is 10.3. The number of amides is 1. The molecule has 2 atom stereocenters. The molecule has 0 spiro atoms. The predicted octanol–water partition coefficient (Wildman–Crippen LogP) is 3.93. The smallest absolute Gasteiger partial charge is 0.251 e. The van der Waals surface area contributed by atoms with Crippen molar-refractivity contribution in [3.05, 3.63) is 70.6 Å². The van der Waals surface area contributed by atoms with E-state index in [0.29, 0.717) is 22.3 Å². The Bertz CT molecular complexity index is 1030. The van der Waals surface area contributed by atoms with Gasteiger partial charge in [0.25, 0.3) is 5.91 Å². The fourth-order valence-corrected chi connectivity index (χ4v) is 3.95. The van der Waals surface area contributed by atoms with Crippen molar-refractivity contribution >= 4 is 17.5 Å². The zero-order chi connectivity index (χ0) is 21.8. The van der Waals surface area contributed by atoms with Gasteiger partial charge in [-0.1, -0.05) is 41.0 Å². The summed E-state index contributed by atoms with van der Waals surface area (Å²) in [5.74, 6) is 0.570. The summed E-state index contributed by atoms with van der Waals surface area (Å²) in [7, 11) is 0. The quantitative estimate of drug-likeness (QED) is 0.625. The zero-order valence-corrected chi connectivity index (χ0v) is 18.3. The topological polar surface area (TPSA) is 80.5 Å². The maximum absolute atomic E-state index is 12.5. The second kappa shape index (κ2) is 9.60. The van der Waals surface area contributed by atoms with Crippen LogP contribution in [-0.4, -0.2) is 46.2 Å². The van der Waals surface area contributed by atoms with Crippen LogP contribution in [0.1, 0.15) is 35.7 Å². The van der Waals surface area contributed by atoms with E-state index in [4.69, 9.17) is 20.9 Å². The second-order valence-corrected chi connectivity index (χ2v) is 8.29. The lowest BCUT2D eigenvalue weighted by Crippen LogP contribution is -2.44. The molecule has 0 saturated carbocycles. The van der Waals surface area contributed by atoms with Gasteiger partial charge in [0.05, 0.1) is 18.8 Å². The first-order chi connectivity index (χ1) is 15.0. The number of halogens is 1. The predicted molar refractivity (Wildman–Crippen MR) is 118 cm³/mol. The molecule has 162 valence electrons. The molecule has 8 heteroatoms. The van der Waals surface area contributed by atoms with Crippen LogP contribution < -0.4 is 5.32 Å². The van der Waals surface area contributed by atoms with Gasteiger partial charge < -0.3 is 14.6 Å². The van der Waals surface area contributed by atoms with Crippen molar-refractivity contribution in [3.8, 4) is 11.4 Å². The normalized spacial score (nSPS) is 19.3. The van der Waals surface area contributed by atoms with E-state index in [1.807, 2.05) is 36.4 Å². The number of nitrogens with one attached hydrogen (secondary N) is 1. The van der Waals surface area contributed by atoms with Crippen molar-refractivity contribution in [1.82, 2.24) is 20.4 Å². The Labute approximate surface area is 186 Å². The maximum Gasteiger partial charge on any atom is 0.251 e. The molecule has 1 fully saturated rings. The number of morpholine rings is 1. The summed E-state index contributed by atoms with van der Waals surface area (Å²) in [6.07, 6.45) is 0.468. The van der Waals surface area contributed by atoms with Crippen molar-refractivity contribution in [2.24, 2.45) is 0 Å². The van der Waals surface area contributed by atoms with Crippen LogP contribution in [0.15, 0.2) is 53.1 Å². The molecule has 2 unspecified atom stereocenters. The molecule has 7 nitrogen and oxygen atoms in total. The number of aromatic nitrogens is 2. The van der Waals surface area contributed by atoms with Crippen molar-refractivity contribution < 1.29 is 14.1 Å². The van der Waals surface area contributed by atoms with E-state index in [9.17, 15) is 4.79 Å². The third-order valence-electron chi connectivity index (χ3n) is 5.07. The first kappa shape index (κ1) is 21.5. The van der Waals surface area contributed by atoms with Crippen LogP contribution in [0.3, 0.4) is 0 Å². The van der Waals surface area contributed by atoms with E-state index < -0.39 is 0 Å². The highest BCUT2D eigenvalue weighted by molar-refractivity contribution is 6.30. The highest BCUT2D eigenvalue weighted by Gasteiger charge is 2.22. The lowest BCUT2D eigenvalue weighted by Gasteiger charge is -2.35. The molecule has 1 N–H and O–H groups in total. The van der Waals surface area contributed by atoms with E-state index >= 15 is 0 Å². The van der Waals surface area contributed by atoms with Crippen LogP contribution in [0.4, 0.5) is 0 Å². The first-order valence-corrected chi connectivity index (χ1v) is 10.7. The van der Waals surface area contributed by atoms with Crippen LogP contribution in [0.2, 0.25) is 5.02 Å². The molecule has 0 bridgehead atoms. The molecule has 2 heterocycles. The molecule has 1 aliphatic heterocycles. The molecule has 1 saturated heterocycles. The highest BCUT2D eigenvalue weighted by Crippen LogP contribution is 2.20. The van der Waals surface area contributed by atoms with Crippen molar-refractivity contribution in [3.63, 3.8) is 0 Å². The second-order valence-electron chi connectivity index (χ2n) is 7.85. The average Bonchev–Trinajstić information content (AvgIpc) is 3.21. The third-order valence-corrected chi connectivity index (χ3v) is 5.30. The van der Waals surface area contributed by atoms with Gasteiger partial charge in [0.15, 0.2) is 0 Å². The Kier molecular flexibility index (Phi) is 6.65. The summed E-state index contributed by atoms with van der Waals surface area (Å²) in [5.41, 5.74) is 2.51. The number of nitrogens with zero attached hydrogens (tertiary/aromatic N) is 3. The van der Waals surface area contributed by atoms with Crippen LogP contribution in [0.25, 0.3) is 11.4 Å². The molecule has 2 aromatic carbocycles. The van der Waals surface area contributed by atoms with Gasteiger partial charge in [-0.25, -0.2) is 0 Å². The van der Waals surface area contributed by atoms with E-state index in [1.165, 1.54) is 5.56 Å². The van der Waals surface area contributed by atoms with Gasteiger partial charge in [0.1, 0.15) is 0 Å². The van der Waals surface area contributed by atoms with Gasteiger partial charge in [-0.15, -0.1) is 0 Å². The number of carbonyl (C=O) groups excluding carboxylic acids is 1. The van der Waals surface area contributed by atoms with Gasteiger partial charge in [0, 0.05) is 35.8 Å². The average molecular weight is 441 g/mol. The van der Waals surface area contributed by atoms with Crippen molar-refractivity contribution in [1.29, 1.82) is 0 Å². The van der Waals surface area contributed by atoms with Gasteiger partial charge in [-0.2, -0.15) is 4.98 Å². The van der Waals surface area contributed by atoms with Crippen LogP contribution >= 0.6 is 11.6 Å². The number of benzene rings is 2. The standard InChI is InChI=1S/C23H25ClN4O3/c1-15-12-28(13-16(2)30-15)14-17-6-8-18(9-7-17)23(29)25-11-21-26-22(27-31-21)19-4-3-5-20(24)10-19/h3-10,15-16H,11-14H2,1-2H3,(H,25,29). The largest absolute Gasteiger partial charge is 0.373 e. The molecule has 4 rings (SSSR count). The fraction of sp³-hybridized carbons (Fsp3) is 0.348. The highest BCUT2D eigenvalue weighted by atomic mass is 35.5. The molecular weight excluding hydrogens is 416 g/mol. The molecule has 1 aromatic heterocycles. The summed E-state index contributed by atoms with van der Waals surface area (Å²) >= 11 is 6.00. The van der Waals surface area contributed by atoms with Gasteiger partial charge in [-0.3, -0.25) is 9.69 Å². The zero-order valence-electron chi connectivity index (χ0n) is 17.5. The Morgan fingerprint density at radius 3 is 2.61 bits per heavy atom. The lowest BCUT2D eigenvalue weighted by molar-refractivity contribution is -0.0704. The SMILES string of the molecule is CC1CN(Cc2ccc(C(=O)NCc3nc(-c4cccc(Cl)c4)no3)cc2)CC(C)O1. The fourth-order valence-electron chi connectivity index (χ4n) is 3.76. The summed E-state index contributed by atoms with van der Waals surface area (Å²) in [5, 5.41) is 7.36. The minimum absolute atomic E-state index is 0.151. The Hall–Kier alpha value is -2.74.